The first-order valence-electron chi connectivity index (χ1n) is 29.9. The highest BCUT2D eigenvalue weighted by Crippen LogP contribution is 2.67. The van der Waals surface area contributed by atoms with E-state index < -0.39 is 0 Å². The lowest BCUT2D eigenvalue weighted by atomic mass is 9.47. The van der Waals surface area contributed by atoms with Gasteiger partial charge in [-0.2, -0.15) is 0 Å². The zero-order valence-corrected chi connectivity index (χ0v) is 45.5. The average Bonchev–Trinajstić information content (AvgIpc) is 3.66. The molecule has 0 aliphatic heterocycles. The molecular formula is C61H111NO5. The summed E-state index contributed by atoms with van der Waals surface area (Å²) in [5.41, 5.74) is 2.42. The Morgan fingerprint density at radius 2 is 1.22 bits per heavy atom. The van der Waals surface area contributed by atoms with Crippen LogP contribution in [0.1, 0.15) is 280 Å². The van der Waals surface area contributed by atoms with Crippen LogP contribution in [0.4, 0.5) is 0 Å². The van der Waals surface area contributed by atoms with E-state index in [4.69, 9.17) is 9.47 Å². The van der Waals surface area contributed by atoms with Gasteiger partial charge in [0.25, 0.3) is 0 Å². The molecule has 3 fully saturated rings. The molecule has 390 valence electrons. The Morgan fingerprint density at radius 3 is 1.87 bits per heavy atom. The number of hydrogen-bond acceptors (Lipinski definition) is 6. The van der Waals surface area contributed by atoms with Crippen molar-refractivity contribution >= 4 is 11.9 Å². The van der Waals surface area contributed by atoms with Gasteiger partial charge in [0.2, 0.25) is 0 Å². The van der Waals surface area contributed by atoms with Gasteiger partial charge in [-0.1, -0.05) is 163 Å². The maximum absolute atomic E-state index is 13.2. The van der Waals surface area contributed by atoms with Crippen LogP contribution in [0.25, 0.3) is 0 Å². The Bertz CT molecular complexity index is 1350. The van der Waals surface area contributed by atoms with Crippen LogP contribution in [-0.2, 0) is 19.1 Å². The summed E-state index contributed by atoms with van der Waals surface area (Å²) in [5.74, 6) is 5.11. The zero-order chi connectivity index (χ0) is 48.3. The van der Waals surface area contributed by atoms with Gasteiger partial charge in [-0.3, -0.25) is 9.59 Å². The van der Waals surface area contributed by atoms with Gasteiger partial charge in [-0.25, -0.2) is 0 Å². The second-order valence-electron chi connectivity index (χ2n) is 24.1. The summed E-state index contributed by atoms with van der Waals surface area (Å²) in [4.78, 5) is 28.7. The molecule has 0 heterocycles. The van der Waals surface area contributed by atoms with E-state index in [1.54, 1.807) is 5.57 Å². The number of carbonyl (C=O) groups excluding carboxylic acids is 2. The van der Waals surface area contributed by atoms with Crippen LogP contribution in [0.15, 0.2) is 11.6 Å². The molecule has 0 amide bonds. The lowest BCUT2D eigenvalue weighted by Crippen LogP contribution is -2.51. The average molecular weight is 939 g/mol. The fourth-order valence-corrected chi connectivity index (χ4v) is 14.3. The second kappa shape index (κ2) is 32.5. The van der Waals surface area contributed by atoms with Crippen molar-refractivity contribution in [3.8, 4) is 0 Å². The van der Waals surface area contributed by atoms with Crippen LogP contribution < -0.4 is 0 Å². The SMILES string of the molecule is CCCCCCCCC(CCCCCCCC)OC(=O)CCCCCCN(CCCCO)CCCCCC(=O)OC1CCC2(C)C(=CCC3C2CCC2(C)C(C(C)CCCC(C)C)CCC32)C1. The molecule has 8 atom stereocenters. The molecule has 6 nitrogen and oxygen atoms in total. The topological polar surface area (TPSA) is 76.1 Å². The number of allylic oxidation sites excluding steroid dienone is 1. The summed E-state index contributed by atoms with van der Waals surface area (Å²) in [6.07, 6.45) is 44.7. The third kappa shape index (κ3) is 20.0. The van der Waals surface area contributed by atoms with Crippen molar-refractivity contribution in [1.29, 1.82) is 0 Å². The Kier molecular flexibility index (Phi) is 28.3. The van der Waals surface area contributed by atoms with Gasteiger partial charge in [-0.05, 0) is 175 Å². The number of aliphatic hydroxyl groups is 1. The van der Waals surface area contributed by atoms with Crippen LogP contribution in [0.2, 0.25) is 0 Å². The van der Waals surface area contributed by atoms with Gasteiger partial charge < -0.3 is 19.5 Å². The predicted octanol–water partition coefficient (Wildman–Crippen LogP) is 16.9. The van der Waals surface area contributed by atoms with Gasteiger partial charge in [0, 0.05) is 25.9 Å². The number of nitrogens with zero attached hydrogens (tertiary/aromatic N) is 1. The molecule has 4 aliphatic carbocycles. The first-order chi connectivity index (χ1) is 32.4. The monoisotopic (exact) mass is 938 g/mol. The van der Waals surface area contributed by atoms with E-state index in [0.29, 0.717) is 18.3 Å². The normalized spacial score (nSPS) is 26.4. The van der Waals surface area contributed by atoms with Crippen molar-refractivity contribution in [2.24, 2.45) is 46.3 Å². The Morgan fingerprint density at radius 1 is 0.642 bits per heavy atom. The van der Waals surface area contributed by atoms with Crippen molar-refractivity contribution < 1.29 is 24.2 Å². The number of ether oxygens (including phenoxy) is 2. The van der Waals surface area contributed by atoms with Crippen molar-refractivity contribution in [3.63, 3.8) is 0 Å². The van der Waals surface area contributed by atoms with Crippen LogP contribution in [0, 0.1) is 46.3 Å². The van der Waals surface area contributed by atoms with Gasteiger partial charge in [0.05, 0.1) is 0 Å². The van der Waals surface area contributed by atoms with Crippen molar-refractivity contribution in [1.82, 2.24) is 4.90 Å². The van der Waals surface area contributed by atoms with Crippen LogP contribution in [-0.4, -0.2) is 60.4 Å². The van der Waals surface area contributed by atoms with Gasteiger partial charge >= 0.3 is 11.9 Å². The smallest absolute Gasteiger partial charge is 0.306 e. The Hall–Kier alpha value is -1.40. The van der Waals surface area contributed by atoms with Crippen LogP contribution in [0.5, 0.6) is 0 Å². The summed E-state index contributed by atoms with van der Waals surface area (Å²) >= 11 is 0. The Labute approximate surface area is 415 Å². The molecule has 0 saturated heterocycles. The lowest BCUT2D eigenvalue weighted by molar-refractivity contribution is -0.152. The molecule has 0 bridgehead atoms. The molecule has 67 heavy (non-hydrogen) atoms. The van der Waals surface area contributed by atoms with Gasteiger partial charge in [-0.15, -0.1) is 0 Å². The molecule has 0 radical (unpaired) electrons. The third-order valence-electron chi connectivity index (χ3n) is 18.5. The number of rotatable bonds is 38. The minimum absolute atomic E-state index is 0.00523. The van der Waals surface area contributed by atoms with E-state index in [-0.39, 0.29) is 36.2 Å². The fraction of sp³-hybridized carbons (Fsp3) is 0.934. The number of hydrogen-bond donors (Lipinski definition) is 1. The maximum atomic E-state index is 13.2. The van der Waals surface area contributed by atoms with Crippen molar-refractivity contribution in [3.05, 3.63) is 11.6 Å². The molecule has 0 aromatic rings. The standard InChI is InChI=1S/C61H111NO5/c1-8-10-12-14-16-21-32-52(33-22-17-15-13-11-9-2)66-58(64)34-23-18-19-25-44-62(46-27-28-47-63)45-26-20-24-35-59(65)67-53-40-42-60(6)51(48-53)36-37-54-56-39-38-55(50(5)31-29-30-49(3)4)61(56,7)43-41-57(54)60/h36,49-50,52-57,63H,8-35,37-48H2,1-7H3. The first-order valence-corrected chi connectivity index (χ1v) is 29.9. The van der Waals surface area contributed by atoms with Crippen LogP contribution >= 0.6 is 0 Å². The first kappa shape index (κ1) is 58.2. The zero-order valence-electron chi connectivity index (χ0n) is 45.5. The molecule has 8 unspecified atom stereocenters. The van der Waals surface area contributed by atoms with E-state index in [9.17, 15) is 14.7 Å². The number of unbranched alkanes of at least 4 members (excludes halogenated alkanes) is 16. The largest absolute Gasteiger partial charge is 0.462 e. The molecule has 4 aliphatic rings. The molecule has 6 heteroatoms. The van der Waals surface area contributed by atoms with E-state index in [2.05, 4.69) is 59.4 Å². The summed E-state index contributed by atoms with van der Waals surface area (Å²) in [6.45, 7) is 20.5. The molecule has 3 saturated carbocycles. The fourth-order valence-electron chi connectivity index (χ4n) is 14.3. The maximum Gasteiger partial charge on any atom is 0.306 e. The van der Waals surface area contributed by atoms with E-state index in [1.165, 1.54) is 135 Å². The minimum atomic E-state index is 0.00523. The van der Waals surface area contributed by atoms with E-state index in [0.717, 1.165) is 139 Å². The summed E-state index contributed by atoms with van der Waals surface area (Å²) < 4.78 is 12.3. The number of fused-ring (bicyclic) bond motifs is 5. The highest BCUT2D eigenvalue weighted by atomic mass is 16.5. The quantitative estimate of drug-likeness (QED) is 0.0378. The molecule has 4 rings (SSSR count). The van der Waals surface area contributed by atoms with Gasteiger partial charge in [0.15, 0.2) is 0 Å². The van der Waals surface area contributed by atoms with E-state index in [1.807, 2.05) is 0 Å². The summed E-state index contributed by atoms with van der Waals surface area (Å²) in [6, 6.07) is 0. The second-order valence-corrected chi connectivity index (χ2v) is 24.1. The van der Waals surface area contributed by atoms with Crippen LogP contribution in [0.3, 0.4) is 0 Å². The summed E-state index contributed by atoms with van der Waals surface area (Å²) in [7, 11) is 0. The number of esters is 2. The Balaban J connectivity index is 1.10. The number of carbonyl (C=O) groups is 2. The number of aliphatic hydroxyl groups excluding tert-OH is 1. The summed E-state index contributed by atoms with van der Waals surface area (Å²) in [5, 5.41) is 9.44. The molecule has 0 aromatic heterocycles. The van der Waals surface area contributed by atoms with Crippen molar-refractivity contribution in [2.45, 2.75) is 292 Å². The van der Waals surface area contributed by atoms with Crippen molar-refractivity contribution in [2.75, 3.05) is 26.2 Å². The predicted molar refractivity (Wildman–Crippen MR) is 283 cm³/mol. The molecular weight excluding hydrogens is 827 g/mol. The van der Waals surface area contributed by atoms with Gasteiger partial charge in [0.1, 0.15) is 12.2 Å². The lowest BCUT2D eigenvalue weighted by Gasteiger charge is -2.58. The minimum Gasteiger partial charge on any atom is -0.462 e. The molecule has 1 N–H and O–H groups in total. The molecule has 0 spiro atoms. The molecule has 0 aromatic carbocycles. The highest BCUT2D eigenvalue weighted by Gasteiger charge is 2.59. The van der Waals surface area contributed by atoms with E-state index >= 15 is 0 Å². The third-order valence-corrected chi connectivity index (χ3v) is 18.5. The highest BCUT2D eigenvalue weighted by molar-refractivity contribution is 5.69.